The largest absolute Gasteiger partial charge is 0.478 e. The van der Waals surface area contributed by atoms with E-state index >= 15 is 0 Å². The van der Waals surface area contributed by atoms with Gasteiger partial charge >= 0.3 is 5.97 Å². The van der Waals surface area contributed by atoms with E-state index in [2.05, 4.69) is 10.1 Å². The van der Waals surface area contributed by atoms with Gasteiger partial charge < -0.3 is 19.3 Å². The molecule has 1 aliphatic heterocycles. The molecule has 0 spiro atoms. The van der Waals surface area contributed by atoms with E-state index in [4.69, 9.17) is 37.4 Å². The van der Waals surface area contributed by atoms with Crippen molar-refractivity contribution < 1.29 is 19.2 Å². The number of nitrogens with zero attached hydrogens (tertiary/aromatic N) is 3. The lowest BCUT2D eigenvalue weighted by molar-refractivity contribution is -0.0179. The van der Waals surface area contributed by atoms with E-state index in [0.29, 0.717) is 45.7 Å². The lowest BCUT2D eigenvalue weighted by atomic mass is 9.95. The van der Waals surface area contributed by atoms with Crippen molar-refractivity contribution in [3.63, 3.8) is 0 Å². The number of anilines is 1. The van der Waals surface area contributed by atoms with Gasteiger partial charge in [0.1, 0.15) is 11.5 Å². The quantitative estimate of drug-likeness (QED) is 0.250. The first kappa shape index (κ1) is 24.4. The van der Waals surface area contributed by atoms with Gasteiger partial charge in [-0.1, -0.05) is 45.8 Å². The summed E-state index contributed by atoms with van der Waals surface area (Å²) < 4.78 is 13.4. The van der Waals surface area contributed by atoms with Crippen molar-refractivity contribution >= 4 is 55.9 Å². The topological polar surface area (TPSA) is 88.7 Å². The second kappa shape index (κ2) is 9.52. The second-order valence-electron chi connectivity index (χ2n) is 10.5. The number of carbonyl (C=O) groups is 1. The van der Waals surface area contributed by atoms with Gasteiger partial charge in [0, 0.05) is 42.0 Å². The van der Waals surface area contributed by atoms with Crippen LogP contribution in [-0.2, 0) is 11.3 Å². The Morgan fingerprint density at radius 1 is 1.11 bits per heavy atom. The van der Waals surface area contributed by atoms with Gasteiger partial charge in [0.15, 0.2) is 5.13 Å². The first-order chi connectivity index (χ1) is 18.5. The summed E-state index contributed by atoms with van der Waals surface area (Å²) in [5.74, 6) is 1.15. The highest BCUT2D eigenvalue weighted by molar-refractivity contribution is 7.22. The maximum absolute atomic E-state index is 11.4. The molecular weight excluding hydrogens is 545 g/mol. The summed E-state index contributed by atoms with van der Waals surface area (Å²) in [7, 11) is 0. The third-order valence-electron chi connectivity index (χ3n) is 8.03. The minimum Gasteiger partial charge on any atom is -0.478 e. The number of carboxylic acid groups (broad SMARTS) is 1. The van der Waals surface area contributed by atoms with Crippen LogP contribution in [0, 0.1) is 11.8 Å². The molecule has 3 heterocycles. The van der Waals surface area contributed by atoms with Crippen LogP contribution in [0.1, 0.15) is 53.3 Å². The van der Waals surface area contributed by atoms with Crippen LogP contribution in [0.5, 0.6) is 0 Å². The second-order valence-corrected chi connectivity index (χ2v) is 12.3. The van der Waals surface area contributed by atoms with Gasteiger partial charge in [-0.2, -0.15) is 0 Å². The van der Waals surface area contributed by atoms with Crippen LogP contribution >= 0.6 is 34.5 Å². The van der Waals surface area contributed by atoms with E-state index in [1.807, 2.05) is 18.2 Å². The fraction of sp³-hybridized carbons (Fsp3) is 0.393. The third kappa shape index (κ3) is 4.28. The normalized spacial score (nSPS) is 22.9. The molecule has 2 aromatic heterocycles. The van der Waals surface area contributed by atoms with Crippen LogP contribution < -0.4 is 4.90 Å². The smallest absolute Gasteiger partial charge is 0.335 e. The Balaban J connectivity index is 1.10. The molecule has 2 aliphatic carbocycles. The van der Waals surface area contributed by atoms with Crippen molar-refractivity contribution in [2.75, 3.05) is 18.0 Å². The summed E-state index contributed by atoms with van der Waals surface area (Å²) in [6.07, 6.45) is 4.57. The molecule has 7 nitrogen and oxygen atoms in total. The zero-order valence-corrected chi connectivity index (χ0v) is 22.7. The van der Waals surface area contributed by atoms with Crippen molar-refractivity contribution in [3.05, 3.63) is 63.3 Å². The molecule has 0 amide bonds. The number of hydrogen-bond donors (Lipinski definition) is 1. The molecule has 1 N–H and O–H groups in total. The summed E-state index contributed by atoms with van der Waals surface area (Å²) in [5, 5.41) is 15.8. The number of aromatic nitrogens is 2. The molecule has 4 aromatic rings. The highest BCUT2D eigenvalue weighted by Crippen LogP contribution is 2.47. The standard InChI is InChI=1S/C28H25Cl2N3O4S/c29-19-2-1-3-20(30)23(19)24-18(26(37-32-24)14-4-5-14)13-36-25-16-6-7-17(25)12-33(11-16)28-31-21-9-8-15(27(34)35)10-22(21)38-28/h1-3,8-10,14,16-17,25H,4-7,11-13H2,(H,34,35)/t16-,17?,25?/m0/s1. The van der Waals surface area contributed by atoms with Gasteiger partial charge in [-0.3, -0.25) is 0 Å². The van der Waals surface area contributed by atoms with Crippen LogP contribution in [0.25, 0.3) is 21.5 Å². The van der Waals surface area contributed by atoms with Crippen LogP contribution in [0.3, 0.4) is 0 Å². The van der Waals surface area contributed by atoms with E-state index in [0.717, 1.165) is 65.4 Å². The highest BCUT2D eigenvalue weighted by Gasteiger charge is 2.44. The number of thiazole rings is 1. The van der Waals surface area contributed by atoms with Crippen LogP contribution in [-0.4, -0.2) is 40.4 Å². The minimum absolute atomic E-state index is 0.149. The van der Waals surface area contributed by atoms with E-state index in [1.54, 1.807) is 29.5 Å². The Kier molecular flexibility index (Phi) is 6.11. The molecule has 2 saturated carbocycles. The number of halogens is 2. The van der Waals surface area contributed by atoms with E-state index in [-0.39, 0.29) is 11.7 Å². The fourth-order valence-corrected chi connectivity index (χ4v) is 7.61. The van der Waals surface area contributed by atoms with E-state index in [9.17, 15) is 9.90 Å². The molecular formula is C28H25Cl2N3O4S. The Bertz CT molecular complexity index is 1510. The van der Waals surface area contributed by atoms with Gasteiger partial charge in [0.2, 0.25) is 0 Å². The number of hydrogen-bond acceptors (Lipinski definition) is 7. The average Bonchev–Trinajstić information content (AvgIpc) is 3.44. The molecule has 196 valence electrons. The first-order valence-corrected chi connectivity index (χ1v) is 14.5. The number of aromatic carboxylic acids is 1. The fourth-order valence-electron chi connectivity index (χ4n) is 6.01. The van der Waals surface area contributed by atoms with Gasteiger partial charge in [0.25, 0.3) is 0 Å². The first-order valence-electron chi connectivity index (χ1n) is 12.9. The average molecular weight is 570 g/mol. The maximum Gasteiger partial charge on any atom is 0.335 e. The van der Waals surface area contributed by atoms with Crippen LogP contribution in [0.4, 0.5) is 5.13 Å². The number of piperidine rings is 1. The molecule has 10 heteroatoms. The summed E-state index contributed by atoms with van der Waals surface area (Å²) >= 11 is 14.6. The monoisotopic (exact) mass is 569 g/mol. The van der Waals surface area contributed by atoms with Crippen molar-refractivity contribution in [1.29, 1.82) is 0 Å². The molecule has 38 heavy (non-hydrogen) atoms. The van der Waals surface area contributed by atoms with Crippen molar-refractivity contribution in [2.24, 2.45) is 11.8 Å². The Hall–Kier alpha value is -2.65. The van der Waals surface area contributed by atoms with Gasteiger partial charge in [-0.05, 0) is 56.0 Å². The van der Waals surface area contributed by atoms with Gasteiger partial charge in [-0.15, -0.1) is 0 Å². The summed E-state index contributed by atoms with van der Waals surface area (Å²) in [5.41, 5.74) is 3.47. The number of carboxylic acids is 1. The molecule has 3 atom stereocenters. The molecule has 7 rings (SSSR count). The lowest BCUT2D eigenvalue weighted by Gasteiger charge is -2.37. The third-order valence-corrected chi connectivity index (χ3v) is 9.74. The number of ether oxygens (including phenoxy) is 1. The molecule has 1 saturated heterocycles. The highest BCUT2D eigenvalue weighted by atomic mass is 35.5. The number of rotatable bonds is 7. The summed E-state index contributed by atoms with van der Waals surface area (Å²) in [4.78, 5) is 18.5. The zero-order chi connectivity index (χ0) is 26.0. The molecule has 3 aliphatic rings. The minimum atomic E-state index is -0.921. The van der Waals surface area contributed by atoms with Gasteiger partial charge in [0.05, 0.1) is 38.5 Å². The van der Waals surface area contributed by atoms with Crippen LogP contribution in [0.2, 0.25) is 10.0 Å². The lowest BCUT2D eigenvalue weighted by Crippen LogP contribution is -2.46. The summed E-state index contributed by atoms with van der Waals surface area (Å²) in [6.45, 7) is 2.16. The molecule has 3 fully saturated rings. The van der Waals surface area contributed by atoms with Crippen molar-refractivity contribution in [3.8, 4) is 11.3 Å². The van der Waals surface area contributed by atoms with Gasteiger partial charge in [-0.25, -0.2) is 9.78 Å². The van der Waals surface area contributed by atoms with E-state index in [1.165, 1.54) is 0 Å². The van der Waals surface area contributed by atoms with E-state index < -0.39 is 5.97 Å². The van der Waals surface area contributed by atoms with Crippen molar-refractivity contribution in [1.82, 2.24) is 10.1 Å². The zero-order valence-electron chi connectivity index (χ0n) is 20.4. The Labute approximate surface area is 233 Å². The van der Waals surface area contributed by atoms with Crippen molar-refractivity contribution in [2.45, 2.75) is 44.3 Å². The molecule has 0 radical (unpaired) electrons. The predicted octanol–water partition coefficient (Wildman–Crippen LogP) is 7.27. The van der Waals surface area contributed by atoms with Crippen LogP contribution in [0.15, 0.2) is 40.9 Å². The molecule has 2 bridgehead atoms. The SMILES string of the molecule is O=C(O)c1ccc2nc(N3CC4CC[C@@H](C3)C4OCc3c(-c4c(Cl)cccc4Cl)noc3C3CC3)sc2c1. The number of fused-ring (bicyclic) bond motifs is 3. The summed E-state index contributed by atoms with van der Waals surface area (Å²) in [6, 6.07) is 10.6. The Morgan fingerprint density at radius 3 is 2.53 bits per heavy atom. The predicted molar refractivity (Wildman–Crippen MR) is 148 cm³/mol. The molecule has 2 unspecified atom stereocenters. The maximum atomic E-state index is 11.4. The Morgan fingerprint density at radius 2 is 1.84 bits per heavy atom. The number of benzene rings is 2. The molecule has 2 aromatic carbocycles.